The molecule has 0 aromatic carbocycles. The fourth-order valence-corrected chi connectivity index (χ4v) is 2.85. The lowest BCUT2D eigenvalue weighted by Crippen LogP contribution is -2.19. The number of halogens is 3. The maximum atomic E-state index is 12.6. The van der Waals surface area contributed by atoms with Crippen LogP contribution >= 0.6 is 11.3 Å². The van der Waals surface area contributed by atoms with Gasteiger partial charge in [-0.05, 0) is 12.3 Å². The molecule has 0 amide bonds. The summed E-state index contributed by atoms with van der Waals surface area (Å²) in [6.07, 6.45) is -3.85. The SMILES string of the molecule is CC1CCN(c2nc(C(F)(F)F)c(C(=O)O)s2)C1. The van der Waals surface area contributed by atoms with E-state index in [0.717, 1.165) is 6.42 Å². The predicted octanol–water partition coefficient (Wildman–Crippen LogP) is 2.71. The van der Waals surface area contributed by atoms with Gasteiger partial charge in [-0.2, -0.15) is 13.2 Å². The van der Waals surface area contributed by atoms with E-state index >= 15 is 0 Å². The second-order valence-electron chi connectivity index (χ2n) is 4.32. The highest BCUT2D eigenvalue weighted by Crippen LogP contribution is 2.38. The van der Waals surface area contributed by atoms with Crippen LogP contribution in [0.25, 0.3) is 0 Å². The third-order valence-corrected chi connectivity index (χ3v) is 3.88. The number of carboxylic acids is 1. The number of thiazole rings is 1. The highest BCUT2D eigenvalue weighted by atomic mass is 32.1. The molecule has 0 radical (unpaired) electrons. The van der Waals surface area contributed by atoms with E-state index in [2.05, 4.69) is 4.98 Å². The van der Waals surface area contributed by atoms with Crippen LogP contribution in [0.15, 0.2) is 0 Å². The van der Waals surface area contributed by atoms with Crippen molar-refractivity contribution in [3.8, 4) is 0 Å². The van der Waals surface area contributed by atoms with Crippen molar-refractivity contribution in [2.24, 2.45) is 5.92 Å². The average Bonchev–Trinajstić information content (AvgIpc) is 2.81. The number of nitrogens with zero attached hydrogens (tertiary/aromatic N) is 2. The second-order valence-corrected chi connectivity index (χ2v) is 5.29. The van der Waals surface area contributed by atoms with E-state index in [1.54, 1.807) is 4.90 Å². The van der Waals surface area contributed by atoms with Crippen molar-refractivity contribution in [2.75, 3.05) is 18.0 Å². The smallest absolute Gasteiger partial charge is 0.435 e. The highest BCUT2D eigenvalue weighted by molar-refractivity contribution is 7.17. The normalized spacial score (nSPS) is 20.4. The Hall–Kier alpha value is -1.31. The molecule has 18 heavy (non-hydrogen) atoms. The Balaban J connectivity index is 2.37. The Morgan fingerprint density at radius 2 is 2.22 bits per heavy atom. The number of carbonyl (C=O) groups is 1. The minimum atomic E-state index is -4.73. The maximum absolute atomic E-state index is 12.6. The number of anilines is 1. The standard InChI is InChI=1S/C10H11F3N2O2S/c1-5-2-3-15(4-5)9-14-7(10(11,12)13)6(18-9)8(16)17/h5H,2-4H2,1H3,(H,16,17). The van der Waals surface area contributed by atoms with E-state index < -0.39 is 22.7 Å². The number of alkyl halides is 3. The van der Waals surface area contributed by atoms with Crippen LogP contribution in [0, 0.1) is 5.92 Å². The number of aromatic carboxylic acids is 1. The van der Waals surface area contributed by atoms with E-state index in [0.29, 0.717) is 30.3 Å². The molecule has 1 aromatic heterocycles. The maximum Gasteiger partial charge on any atom is 0.435 e. The van der Waals surface area contributed by atoms with Crippen LogP contribution in [-0.2, 0) is 6.18 Å². The van der Waals surface area contributed by atoms with Crippen LogP contribution in [0.2, 0.25) is 0 Å². The van der Waals surface area contributed by atoms with E-state index in [9.17, 15) is 18.0 Å². The molecule has 2 rings (SSSR count). The average molecular weight is 280 g/mol. The lowest BCUT2D eigenvalue weighted by Gasteiger charge is -2.13. The summed E-state index contributed by atoms with van der Waals surface area (Å²) >= 11 is 0.589. The molecule has 1 aliphatic heterocycles. The van der Waals surface area contributed by atoms with Gasteiger partial charge < -0.3 is 10.0 Å². The van der Waals surface area contributed by atoms with E-state index in [4.69, 9.17) is 5.11 Å². The summed E-state index contributed by atoms with van der Waals surface area (Å²) in [4.78, 5) is 15.2. The van der Waals surface area contributed by atoms with Crippen molar-refractivity contribution in [3.05, 3.63) is 10.6 Å². The van der Waals surface area contributed by atoms with Crippen LogP contribution in [0.4, 0.5) is 18.3 Å². The highest BCUT2D eigenvalue weighted by Gasteiger charge is 2.40. The molecular weight excluding hydrogens is 269 g/mol. The van der Waals surface area contributed by atoms with Gasteiger partial charge in [0.25, 0.3) is 0 Å². The van der Waals surface area contributed by atoms with Crippen LogP contribution in [0.1, 0.15) is 28.7 Å². The molecule has 8 heteroatoms. The van der Waals surface area contributed by atoms with Crippen molar-refractivity contribution in [1.82, 2.24) is 4.98 Å². The summed E-state index contributed by atoms with van der Waals surface area (Å²) in [5.74, 6) is -1.20. The molecule has 1 aromatic rings. The van der Waals surface area contributed by atoms with Gasteiger partial charge in [0.15, 0.2) is 10.8 Å². The van der Waals surface area contributed by atoms with Gasteiger partial charge in [0.05, 0.1) is 0 Å². The topological polar surface area (TPSA) is 53.4 Å². The number of aromatic nitrogens is 1. The van der Waals surface area contributed by atoms with Gasteiger partial charge in [0.2, 0.25) is 0 Å². The minimum absolute atomic E-state index is 0.143. The zero-order valence-electron chi connectivity index (χ0n) is 9.49. The monoisotopic (exact) mass is 280 g/mol. The molecule has 1 fully saturated rings. The van der Waals surface area contributed by atoms with Crippen LogP contribution < -0.4 is 4.90 Å². The quantitative estimate of drug-likeness (QED) is 0.905. The van der Waals surface area contributed by atoms with Crippen molar-refractivity contribution in [3.63, 3.8) is 0 Å². The largest absolute Gasteiger partial charge is 0.477 e. The number of carboxylic acid groups (broad SMARTS) is 1. The first-order chi connectivity index (χ1) is 8.29. The van der Waals surface area contributed by atoms with E-state index in [-0.39, 0.29) is 5.13 Å². The first kappa shape index (κ1) is 13.1. The first-order valence-electron chi connectivity index (χ1n) is 5.35. The Morgan fingerprint density at radius 3 is 2.61 bits per heavy atom. The summed E-state index contributed by atoms with van der Waals surface area (Å²) in [6.45, 7) is 3.23. The van der Waals surface area contributed by atoms with Crippen LogP contribution in [-0.4, -0.2) is 29.1 Å². The zero-order valence-corrected chi connectivity index (χ0v) is 10.3. The van der Waals surface area contributed by atoms with Crippen LogP contribution in [0.3, 0.4) is 0 Å². The van der Waals surface area contributed by atoms with Crippen LogP contribution in [0.5, 0.6) is 0 Å². The fourth-order valence-electron chi connectivity index (χ4n) is 1.89. The van der Waals surface area contributed by atoms with Crippen molar-refractivity contribution < 1.29 is 23.1 Å². The summed E-state index contributed by atoms with van der Waals surface area (Å²) in [5.41, 5.74) is -1.30. The number of hydrogen-bond donors (Lipinski definition) is 1. The molecule has 1 atom stereocenters. The lowest BCUT2D eigenvalue weighted by molar-refractivity contribution is -0.141. The van der Waals surface area contributed by atoms with Crippen molar-refractivity contribution >= 4 is 22.4 Å². The Bertz CT molecular complexity index is 472. The van der Waals surface area contributed by atoms with Gasteiger partial charge in [-0.3, -0.25) is 0 Å². The predicted molar refractivity (Wildman–Crippen MR) is 60.1 cm³/mol. The molecule has 1 unspecified atom stereocenters. The molecule has 4 nitrogen and oxygen atoms in total. The van der Waals surface area contributed by atoms with Crippen molar-refractivity contribution in [2.45, 2.75) is 19.5 Å². The molecule has 0 bridgehead atoms. The Morgan fingerprint density at radius 1 is 1.56 bits per heavy atom. The molecule has 1 aliphatic rings. The minimum Gasteiger partial charge on any atom is -0.477 e. The van der Waals surface area contributed by atoms with Crippen molar-refractivity contribution in [1.29, 1.82) is 0 Å². The Labute approximate surface area is 105 Å². The third-order valence-electron chi connectivity index (χ3n) is 2.77. The van der Waals surface area contributed by atoms with Gasteiger partial charge in [-0.25, -0.2) is 9.78 Å². The molecule has 0 spiro atoms. The summed E-state index contributed by atoms with van der Waals surface area (Å²) < 4.78 is 37.9. The lowest BCUT2D eigenvalue weighted by atomic mass is 10.2. The fraction of sp³-hybridized carbons (Fsp3) is 0.600. The molecule has 2 heterocycles. The summed E-state index contributed by atoms with van der Waals surface area (Å²) in [7, 11) is 0. The Kier molecular flexibility index (Phi) is 3.22. The first-order valence-corrected chi connectivity index (χ1v) is 6.17. The summed E-state index contributed by atoms with van der Waals surface area (Å²) in [5, 5.41) is 8.93. The molecular formula is C10H11F3N2O2S. The van der Waals surface area contributed by atoms with Gasteiger partial charge in [-0.15, -0.1) is 0 Å². The van der Waals surface area contributed by atoms with E-state index in [1.807, 2.05) is 6.92 Å². The number of rotatable bonds is 2. The van der Waals surface area contributed by atoms with Gasteiger partial charge in [0.1, 0.15) is 4.88 Å². The molecule has 100 valence electrons. The molecule has 0 aliphatic carbocycles. The summed E-state index contributed by atoms with van der Waals surface area (Å²) in [6, 6.07) is 0. The van der Waals surface area contributed by atoms with Gasteiger partial charge in [-0.1, -0.05) is 18.3 Å². The zero-order chi connectivity index (χ0) is 13.5. The van der Waals surface area contributed by atoms with Gasteiger partial charge in [0, 0.05) is 13.1 Å². The molecule has 1 saturated heterocycles. The molecule has 0 saturated carbocycles. The van der Waals surface area contributed by atoms with Gasteiger partial charge >= 0.3 is 12.1 Å². The van der Waals surface area contributed by atoms with E-state index in [1.165, 1.54) is 0 Å². The number of hydrogen-bond acceptors (Lipinski definition) is 4. The second kappa shape index (κ2) is 4.42. The molecule has 1 N–H and O–H groups in total. The third kappa shape index (κ3) is 2.43.